The number of para-hydroxylation sites is 1. The van der Waals surface area contributed by atoms with Gasteiger partial charge in [0.15, 0.2) is 11.5 Å². The smallest absolute Gasteiger partial charge is 0.346 e. The molecule has 3 aromatic rings. The molecule has 3 rings (SSSR count). The maximum atomic E-state index is 8.75. The van der Waals surface area contributed by atoms with Crippen molar-refractivity contribution in [2.24, 2.45) is 0 Å². The van der Waals surface area contributed by atoms with E-state index >= 15 is 0 Å². The van der Waals surface area contributed by atoms with Crippen molar-refractivity contribution in [1.29, 1.82) is 0 Å². The Labute approximate surface area is 200 Å². The van der Waals surface area contributed by atoms with Crippen LogP contribution >= 0.6 is 24.8 Å². The van der Waals surface area contributed by atoms with Gasteiger partial charge in [0.1, 0.15) is 0 Å². The van der Waals surface area contributed by atoms with E-state index in [0.29, 0.717) is 24.7 Å². The maximum Gasteiger partial charge on any atom is 0.346 e. The molecule has 1 aromatic heterocycles. The van der Waals surface area contributed by atoms with Crippen LogP contribution in [0.2, 0.25) is 0 Å². The van der Waals surface area contributed by atoms with Gasteiger partial charge in [-0.15, -0.1) is 24.8 Å². The summed E-state index contributed by atoms with van der Waals surface area (Å²) in [5.41, 5.74) is 1.90. The van der Waals surface area contributed by atoms with Crippen LogP contribution in [0.1, 0.15) is 18.9 Å². The Morgan fingerprint density at radius 3 is 2.50 bits per heavy atom. The molecule has 11 heteroatoms. The summed E-state index contributed by atoms with van der Waals surface area (Å²) in [4.78, 5) is 0. The van der Waals surface area contributed by atoms with Gasteiger partial charge in [-0.2, -0.15) is 4.68 Å². The molecule has 0 aliphatic heterocycles. The Morgan fingerprint density at radius 1 is 0.969 bits per heavy atom. The summed E-state index contributed by atoms with van der Waals surface area (Å²) in [6, 6.07) is 15.7. The van der Waals surface area contributed by atoms with E-state index in [1.807, 2.05) is 55.5 Å². The first-order valence-electron chi connectivity index (χ1n) is 10.1. The Balaban J connectivity index is 0.00000256. The summed E-state index contributed by atoms with van der Waals surface area (Å²) in [6.07, 6.45) is 0.988. The minimum Gasteiger partial charge on any atom is -0.490 e. The van der Waals surface area contributed by atoms with E-state index in [1.165, 1.54) is 4.68 Å². The molecule has 0 saturated carbocycles. The van der Waals surface area contributed by atoms with Crippen molar-refractivity contribution < 1.29 is 14.6 Å². The van der Waals surface area contributed by atoms with Gasteiger partial charge < -0.3 is 25.2 Å². The van der Waals surface area contributed by atoms with Gasteiger partial charge in [-0.1, -0.05) is 29.4 Å². The van der Waals surface area contributed by atoms with Crippen LogP contribution in [-0.4, -0.2) is 58.2 Å². The monoisotopic (exact) mass is 484 g/mol. The molecule has 0 fully saturated rings. The molecule has 0 bridgehead atoms. The lowest BCUT2D eigenvalue weighted by atomic mass is 10.2. The second-order valence-electron chi connectivity index (χ2n) is 6.53. The van der Waals surface area contributed by atoms with Crippen LogP contribution in [0.5, 0.6) is 17.5 Å². The molecule has 0 saturated heterocycles. The first-order valence-corrected chi connectivity index (χ1v) is 10.1. The number of halogens is 2. The first-order chi connectivity index (χ1) is 14.8. The average Bonchev–Trinajstić information content (AvgIpc) is 3.24. The number of aromatic nitrogens is 4. The van der Waals surface area contributed by atoms with E-state index in [2.05, 4.69) is 26.2 Å². The molecule has 0 unspecified atom stereocenters. The van der Waals surface area contributed by atoms with E-state index in [9.17, 15) is 0 Å². The number of hydrogen-bond donors (Lipinski definition) is 3. The van der Waals surface area contributed by atoms with Crippen LogP contribution in [0.25, 0.3) is 5.69 Å². The van der Waals surface area contributed by atoms with Gasteiger partial charge in [0.05, 0.1) is 18.9 Å². The van der Waals surface area contributed by atoms with Crippen LogP contribution in [0.4, 0.5) is 0 Å². The lowest BCUT2D eigenvalue weighted by Crippen LogP contribution is -2.23. The molecule has 0 atom stereocenters. The molecule has 32 heavy (non-hydrogen) atoms. The molecule has 0 amide bonds. The fourth-order valence-electron chi connectivity index (χ4n) is 2.86. The number of ether oxygens (including phenoxy) is 2. The second kappa shape index (κ2) is 15.4. The molecule has 3 N–H and O–H groups in total. The average molecular weight is 485 g/mol. The fourth-order valence-corrected chi connectivity index (χ4v) is 2.86. The maximum absolute atomic E-state index is 8.75. The van der Waals surface area contributed by atoms with Crippen molar-refractivity contribution in [1.82, 2.24) is 30.8 Å². The Hall–Kier alpha value is -2.43. The molecular formula is C21H30Cl2N6O3. The van der Waals surface area contributed by atoms with Gasteiger partial charge in [-0.05, 0) is 66.7 Å². The molecule has 0 radical (unpaired) electrons. The lowest BCUT2D eigenvalue weighted by Gasteiger charge is -2.13. The Kier molecular flexibility index (Phi) is 13.3. The predicted octanol–water partition coefficient (Wildman–Crippen LogP) is 2.76. The number of hydrogen-bond acceptors (Lipinski definition) is 8. The van der Waals surface area contributed by atoms with Crippen molar-refractivity contribution in [3.05, 3.63) is 54.1 Å². The predicted molar refractivity (Wildman–Crippen MR) is 128 cm³/mol. The van der Waals surface area contributed by atoms with E-state index in [1.54, 1.807) is 0 Å². The molecule has 0 aliphatic carbocycles. The zero-order valence-electron chi connectivity index (χ0n) is 17.9. The highest BCUT2D eigenvalue weighted by atomic mass is 35.5. The zero-order chi connectivity index (χ0) is 21.0. The van der Waals surface area contributed by atoms with E-state index < -0.39 is 0 Å². The normalized spacial score (nSPS) is 10.2. The molecule has 0 spiro atoms. The summed E-state index contributed by atoms with van der Waals surface area (Å²) >= 11 is 0. The van der Waals surface area contributed by atoms with Gasteiger partial charge in [-0.25, -0.2) is 0 Å². The third-order valence-electron chi connectivity index (χ3n) is 4.28. The van der Waals surface area contributed by atoms with Crippen LogP contribution in [0, 0.1) is 0 Å². The molecule has 0 aliphatic rings. The Bertz CT molecular complexity index is 898. The summed E-state index contributed by atoms with van der Waals surface area (Å²) in [6.45, 7) is 5.73. The van der Waals surface area contributed by atoms with Crippen molar-refractivity contribution in [3.8, 4) is 23.2 Å². The van der Waals surface area contributed by atoms with Gasteiger partial charge in [0.25, 0.3) is 0 Å². The van der Waals surface area contributed by atoms with Crippen molar-refractivity contribution >= 4 is 24.8 Å². The van der Waals surface area contributed by atoms with Gasteiger partial charge in [0, 0.05) is 13.1 Å². The topological polar surface area (TPSA) is 106 Å². The number of nitrogens with one attached hydrogen (secondary N) is 2. The third kappa shape index (κ3) is 8.25. The van der Waals surface area contributed by atoms with Crippen molar-refractivity contribution in [2.75, 3.05) is 32.8 Å². The summed E-state index contributed by atoms with van der Waals surface area (Å²) in [5, 5.41) is 27.1. The van der Waals surface area contributed by atoms with Gasteiger partial charge >= 0.3 is 6.01 Å². The van der Waals surface area contributed by atoms with Crippen molar-refractivity contribution in [2.45, 2.75) is 19.9 Å². The highest BCUT2D eigenvalue weighted by Crippen LogP contribution is 2.32. The van der Waals surface area contributed by atoms with Gasteiger partial charge in [-0.3, -0.25) is 0 Å². The zero-order valence-corrected chi connectivity index (χ0v) is 19.6. The van der Waals surface area contributed by atoms with Crippen LogP contribution < -0.4 is 20.1 Å². The molecule has 9 nitrogen and oxygen atoms in total. The van der Waals surface area contributed by atoms with Gasteiger partial charge in [0.2, 0.25) is 0 Å². The number of benzene rings is 2. The van der Waals surface area contributed by atoms with Crippen LogP contribution in [-0.2, 0) is 6.54 Å². The number of tetrazole rings is 1. The molecular weight excluding hydrogens is 455 g/mol. The number of aliphatic hydroxyl groups excluding tert-OH is 1. The summed E-state index contributed by atoms with van der Waals surface area (Å²) < 4.78 is 13.3. The summed E-state index contributed by atoms with van der Waals surface area (Å²) in [7, 11) is 0. The molecule has 1 heterocycles. The summed E-state index contributed by atoms with van der Waals surface area (Å²) in [5.74, 6) is 1.20. The first kappa shape index (κ1) is 27.6. The molecule has 176 valence electrons. The van der Waals surface area contributed by atoms with Crippen molar-refractivity contribution in [3.63, 3.8) is 0 Å². The largest absolute Gasteiger partial charge is 0.490 e. The highest BCUT2D eigenvalue weighted by Gasteiger charge is 2.14. The highest BCUT2D eigenvalue weighted by molar-refractivity contribution is 5.85. The van der Waals surface area contributed by atoms with E-state index in [4.69, 9.17) is 14.6 Å². The minimum absolute atomic E-state index is 0. The van der Waals surface area contributed by atoms with Crippen LogP contribution in [0.15, 0.2) is 48.5 Å². The number of aliphatic hydroxyl groups is 1. The quantitative estimate of drug-likeness (QED) is 0.318. The number of nitrogens with zero attached hydrogens (tertiary/aromatic N) is 4. The van der Waals surface area contributed by atoms with E-state index in [0.717, 1.165) is 37.3 Å². The van der Waals surface area contributed by atoms with E-state index in [-0.39, 0.29) is 37.4 Å². The molecule has 2 aromatic carbocycles. The Morgan fingerprint density at radius 2 is 1.75 bits per heavy atom. The third-order valence-corrected chi connectivity index (χ3v) is 4.28. The second-order valence-corrected chi connectivity index (χ2v) is 6.53. The standard InChI is InChI=1S/C21H28N6O3.2ClH/c1-2-29-20-15-17(16-23-12-6-11-22-13-14-28)9-10-19(20)30-21-24-25-26-27(21)18-7-4-3-5-8-18;;/h3-5,7-10,15,22-23,28H,2,6,11-14,16H2,1H3;2*1H. The van der Waals surface area contributed by atoms with Crippen LogP contribution in [0.3, 0.4) is 0 Å². The lowest BCUT2D eigenvalue weighted by molar-refractivity contribution is 0.292. The SMILES string of the molecule is CCOc1cc(CNCCCNCCO)ccc1Oc1nnnn1-c1ccccc1.Cl.Cl. The number of rotatable bonds is 13. The fraction of sp³-hybridized carbons (Fsp3) is 0.381. The minimum atomic E-state index is 0.